The largest absolute Gasteiger partial charge is 0.438 e. The number of nitro benzene ring substituents is 1. The molecule has 30 heavy (non-hydrogen) atoms. The molecule has 0 aromatic heterocycles. The summed E-state index contributed by atoms with van der Waals surface area (Å²) in [5, 5.41) is 24.9. The van der Waals surface area contributed by atoms with Crippen molar-refractivity contribution < 1.29 is 28.0 Å². The number of hydrazone groups is 1. The van der Waals surface area contributed by atoms with Gasteiger partial charge in [-0.1, -0.05) is 43.3 Å². The number of nitro groups is 1. The maximum Gasteiger partial charge on any atom is 0.438 e. The molecular formula is C20H18F3N3O4. The fourth-order valence-corrected chi connectivity index (χ4v) is 3.11. The number of aryl methyl sites for hydroxylation is 1. The molecule has 0 fully saturated rings. The molecule has 1 heterocycles. The Morgan fingerprint density at radius 3 is 2.23 bits per heavy atom. The number of amides is 1. The van der Waals surface area contributed by atoms with Crippen LogP contribution in [0.4, 0.5) is 18.9 Å². The highest BCUT2D eigenvalue weighted by Crippen LogP contribution is 2.41. The number of rotatable bonds is 5. The summed E-state index contributed by atoms with van der Waals surface area (Å²) in [4.78, 5) is 22.7. The summed E-state index contributed by atoms with van der Waals surface area (Å²) in [5.74, 6) is -1.08. The molecule has 158 valence electrons. The van der Waals surface area contributed by atoms with E-state index in [1.165, 1.54) is 12.1 Å². The van der Waals surface area contributed by atoms with E-state index < -0.39 is 35.6 Å². The number of hydrogen-bond donors (Lipinski definition) is 1. The first-order valence-corrected chi connectivity index (χ1v) is 9.07. The van der Waals surface area contributed by atoms with Crippen LogP contribution in [0.5, 0.6) is 0 Å². The second kappa shape index (κ2) is 7.86. The molecule has 1 atom stereocenters. The number of alkyl halides is 3. The van der Waals surface area contributed by atoms with E-state index in [1.807, 2.05) is 6.92 Å². The van der Waals surface area contributed by atoms with Crippen LogP contribution in [0.15, 0.2) is 53.6 Å². The molecule has 0 spiro atoms. The van der Waals surface area contributed by atoms with Crippen molar-refractivity contribution in [3.8, 4) is 0 Å². The minimum Gasteiger partial charge on any atom is -0.362 e. The third kappa shape index (κ3) is 4.04. The molecule has 3 rings (SSSR count). The molecule has 1 aliphatic rings. The number of nitrogens with zero attached hydrogens (tertiary/aromatic N) is 3. The molecule has 2 aromatic carbocycles. The zero-order valence-corrected chi connectivity index (χ0v) is 15.9. The zero-order chi connectivity index (χ0) is 22.1. The first kappa shape index (κ1) is 21.4. The van der Waals surface area contributed by atoms with Crippen molar-refractivity contribution in [1.29, 1.82) is 0 Å². The lowest BCUT2D eigenvalue weighted by Crippen LogP contribution is -2.57. The molecular weight excluding hydrogens is 403 g/mol. The normalized spacial score (nSPS) is 19.0. The number of benzene rings is 2. The van der Waals surface area contributed by atoms with Crippen LogP contribution in [0.3, 0.4) is 0 Å². The molecule has 0 radical (unpaired) electrons. The standard InChI is InChI=1S/C20H18F3N3O4/c1-2-13-3-7-15(8-4-13)17-12-19(28,20(21,22)23)25(24-17)18(27)11-14-5-9-16(10-6-14)26(29)30/h3-10,28H,2,11-12H2,1H3/t19-/m0/s1. The summed E-state index contributed by atoms with van der Waals surface area (Å²) in [6.07, 6.45) is -5.79. The van der Waals surface area contributed by atoms with Crippen molar-refractivity contribution >= 4 is 17.3 Å². The van der Waals surface area contributed by atoms with Crippen LogP contribution in [0, 0.1) is 10.1 Å². The number of carbonyl (C=O) groups excluding carboxylic acids is 1. The first-order chi connectivity index (χ1) is 14.0. The van der Waals surface area contributed by atoms with Gasteiger partial charge in [0.1, 0.15) is 0 Å². The third-order valence-corrected chi connectivity index (χ3v) is 4.87. The van der Waals surface area contributed by atoms with E-state index in [9.17, 15) is 33.2 Å². The Kier molecular flexibility index (Phi) is 5.62. The maximum atomic E-state index is 13.7. The molecule has 1 amide bonds. The topological polar surface area (TPSA) is 96.0 Å². The van der Waals surface area contributed by atoms with Gasteiger partial charge in [-0.25, -0.2) is 0 Å². The van der Waals surface area contributed by atoms with E-state index in [2.05, 4.69) is 5.10 Å². The molecule has 0 saturated heterocycles. The summed E-state index contributed by atoms with van der Waals surface area (Å²) >= 11 is 0. The molecule has 0 bridgehead atoms. The average Bonchev–Trinajstić information content (AvgIpc) is 3.07. The number of halogens is 3. The highest BCUT2D eigenvalue weighted by atomic mass is 19.4. The number of non-ortho nitro benzene ring substituents is 1. The third-order valence-electron chi connectivity index (χ3n) is 4.87. The van der Waals surface area contributed by atoms with E-state index in [0.29, 0.717) is 5.56 Å². The number of aliphatic hydroxyl groups is 1. The van der Waals surface area contributed by atoms with Gasteiger partial charge in [0, 0.05) is 12.1 Å². The van der Waals surface area contributed by atoms with Gasteiger partial charge in [-0.15, -0.1) is 0 Å². The molecule has 0 saturated carbocycles. The smallest absolute Gasteiger partial charge is 0.362 e. The lowest BCUT2D eigenvalue weighted by Gasteiger charge is -2.32. The summed E-state index contributed by atoms with van der Waals surface area (Å²) in [6, 6.07) is 11.5. The highest BCUT2D eigenvalue weighted by Gasteiger charge is 2.63. The molecule has 7 nitrogen and oxygen atoms in total. The van der Waals surface area contributed by atoms with Gasteiger partial charge in [-0.05, 0) is 23.1 Å². The van der Waals surface area contributed by atoms with Gasteiger partial charge >= 0.3 is 6.18 Å². The zero-order valence-electron chi connectivity index (χ0n) is 15.9. The molecule has 2 aromatic rings. The average molecular weight is 421 g/mol. The predicted octanol–water partition coefficient (Wildman–Crippen LogP) is 3.59. The minimum atomic E-state index is -5.13. The minimum absolute atomic E-state index is 0.0606. The lowest BCUT2D eigenvalue weighted by molar-refractivity contribution is -0.384. The van der Waals surface area contributed by atoms with Gasteiger partial charge in [0.05, 0.1) is 23.5 Å². The predicted molar refractivity (Wildman–Crippen MR) is 102 cm³/mol. The Morgan fingerprint density at radius 2 is 1.73 bits per heavy atom. The van der Waals surface area contributed by atoms with Crippen LogP contribution in [-0.2, 0) is 17.6 Å². The second-order valence-electron chi connectivity index (χ2n) is 6.89. The van der Waals surface area contributed by atoms with E-state index in [1.54, 1.807) is 24.3 Å². The van der Waals surface area contributed by atoms with Crippen LogP contribution in [0.25, 0.3) is 0 Å². The molecule has 10 heteroatoms. The Bertz CT molecular complexity index is 988. The van der Waals surface area contributed by atoms with Crippen LogP contribution in [-0.4, -0.2) is 38.6 Å². The summed E-state index contributed by atoms with van der Waals surface area (Å²) in [6.45, 7) is 1.93. The molecule has 0 aliphatic carbocycles. The SMILES string of the molecule is CCc1ccc(C2=NN(C(=O)Cc3ccc([N+](=O)[O-])cc3)[C@@](O)(C(F)(F)F)C2)cc1. The Hall–Kier alpha value is -3.27. The van der Waals surface area contributed by atoms with Crippen LogP contribution >= 0.6 is 0 Å². The molecule has 1 aliphatic heterocycles. The van der Waals surface area contributed by atoms with Gasteiger partial charge in [-0.3, -0.25) is 14.9 Å². The fourth-order valence-electron chi connectivity index (χ4n) is 3.11. The first-order valence-electron chi connectivity index (χ1n) is 9.07. The lowest BCUT2D eigenvalue weighted by atomic mass is 9.99. The van der Waals surface area contributed by atoms with Crippen molar-refractivity contribution in [1.82, 2.24) is 5.01 Å². The fraction of sp³-hybridized carbons (Fsp3) is 0.300. The van der Waals surface area contributed by atoms with Gasteiger partial charge in [-0.2, -0.15) is 23.3 Å². The Balaban J connectivity index is 1.90. The maximum absolute atomic E-state index is 13.7. The van der Waals surface area contributed by atoms with Gasteiger partial charge in [0.25, 0.3) is 11.4 Å². The Labute approximate surface area is 169 Å². The highest BCUT2D eigenvalue weighted by molar-refractivity contribution is 6.03. The van der Waals surface area contributed by atoms with Crippen molar-refractivity contribution in [2.75, 3.05) is 0 Å². The van der Waals surface area contributed by atoms with Crippen molar-refractivity contribution in [2.24, 2.45) is 5.10 Å². The monoisotopic (exact) mass is 421 g/mol. The van der Waals surface area contributed by atoms with Gasteiger partial charge in [0.2, 0.25) is 5.91 Å². The summed E-state index contributed by atoms with van der Waals surface area (Å²) < 4.78 is 41.0. The van der Waals surface area contributed by atoms with E-state index in [4.69, 9.17) is 0 Å². The van der Waals surface area contributed by atoms with E-state index in [0.717, 1.165) is 24.1 Å². The van der Waals surface area contributed by atoms with Gasteiger partial charge in [0.15, 0.2) is 0 Å². The molecule has 1 N–H and O–H groups in total. The van der Waals surface area contributed by atoms with Crippen LogP contribution < -0.4 is 0 Å². The summed E-state index contributed by atoms with van der Waals surface area (Å²) in [7, 11) is 0. The Morgan fingerprint density at radius 1 is 1.17 bits per heavy atom. The van der Waals surface area contributed by atoms with Crippen molar-refractivity contribution in [3.05, 3.63) is 75.3 Å². The van der Waals surface area contributed by atoms with E-state index >= 15 is 0 Å². The second-order valence-corrected chi connectivity index (χ2v) is 6.89. The van der Waals surface area contributed by atoms with E-state index in [-0.39, 0.29) is 22.0 Å². The summed E-state index contributed by atoms with van der Waals surface area (Å²) in [5.41, 5.74) is -2.13. The number of carbonyl (C=O) groups is 1. The number of hydrogen-bond acceptors (Lipinski definition) is 5. The van der Waals surface area contributed by atoms with Crippen molar-refractivity contribution in [2.45, 2.75) is 38.1 Å². The molecule has 0 unspecified atom stereocenters. The van der Waals surface area contributed by atoms with Crippen LogP contribution in [0.2, 0.25) is 0 Å². The van der Waals surface area contributed by atoms with Gasteiger partial charge < -0.3 is 5.11 Å². The van der Waals surface area contributed by atoms with Crippen LogP contribution in [0.1, 0.15) is 30.0 Å². The van der Waals surface area contributed by atoms with Crippen molar-refractivity contribution in [3.63, 3.8) is 0 Å². The quantitative estimate of drug-likeness (QED) is 0.590.